The molecule has 1 heterocycles. The lowest BCUT2D eigenvalue weighted by molar-refractivity contribution is -0.153. The molecule has 1 aromatic rings. The summed E-state index contributed by atoms with van der Waals surface area (Å²) in [4.78, 5) is 36.0. The number of carboxylic acids is 1. The number of aliphatic carboxylic acids is 1. The molecule has 1 atom stereocenters. The molecule has 0 aromatic heterocycles. The molecule has 0 radical (unpaired) electrons. The van der Waals surface area contributed by atoms with Crippen LogP contribution in [0.4, 0.5) is 0 Å². The largest absolute Gasteiger partial charge is 0.493 e. The molecule has 0 aliphatic carbocycles. The maximum Gasteiger partial charge on any atom is 0.326 e. The van der Waals surface area contributed by atoms with Crippen LogP contribution in [-0.4, -0.2) is 48.1 Å². The Hall–Kier alpha value is -2.57. The van der Waals surface area contributed by atoms with E-state index in [9.17, 15) is 14.4 Å². The van der Waals surface area contributed by atoms with Crippen LogP contribution in [0.15, 0.2) is 18.2 Å². The lowest BCUT2D eigenvalue weighted by atomic mass is 10.1. The molecule has 2 rings (SSSR count). The van der Waals surface area contributed by atoms with Crippen molar-refractivity contribution in [1.82, 2.24) is 4.90 Å². The number of methoxy groups -OCH3 is 2. The van der Waals surface area contributed by atoms with Crippen molar-refractivity contribution in [2.24, 2.45) is 0 Å². The van der Waals surface area contributed by atoms with Crippen molar-refractivity contribution in [3.8, 4) is 11.5 Å². The Balaban J connectivity index is 2.18. The summed E-state index contributed by atoms with van der Waals surface area (Å²) in [5.41, 5.74) is 0.617. The van der Waals surface area contributed by atoms with Gasteiger partial charge in [-0.25, -0.2) is 4.79 Å². The van der Waals surface area contributed by atoms with Gasteiger partial charge < -0.3 is 14.6 Å². The first-order chi connectivity index (χ1) is 10.5. The fourth-order valence-electron chi connectivity index (χ4n) is 2.48. The minimum Gasteiger partial charge on any atom is -0.493 e. The third-order valence-electron chi connectivity index (χ3n) is 3.57. The smallest absolute Gasteiger partial charge is 0.326 e. The zero-order valence-electron chi connectivity index (χ0n) is 12.4. The summed E-state index contributed by atoms with van der Waals surface area (Å²) >= 11 is 0. The highest BCUT2D eigenvalue weighted by molar-refractivity contribution is 6.02. The number of amides is 2. The first kappa shape index (κ1) is 15.8. The fraction of sp³-hybridized carbons (Fsp3) is 0.400. The van der Waals surface area contributed by atoms with Gasteiger partial charge in [0.1, 0.15) is 6.04 Å². The van der Waals surface area contributed by atoms with Crippen LogP contribution in [0.1, 0.15) is 18.4 Å². The SMILES string of the molecule is COc1ccc(CC(=O)N2C(=O)CCC2C(=O)O)cc1OC. The highest BCUT2D eigenvalue weighted by Crippen LogP contribution is 2.28. The van der Waals surface area contributed by atoms with Gasteiger partial charge in [-0.3, -0.25) is 14.5 Å². The van der Waals surface area contributed by atoms with Crippen LogP contribution in [0, 0.1) is 0 Å². The Morgan fingerprint density at radius 2 is 1.95 bits per heavy atom. The molecule has 1 unspecified atom stereocenters. The molecule has 1 saturated heterocycles. The van der Waals surface area contributed by atoms with Crippen LogP contribution < -0.4 is 9.47 Å². The van der Waals surface area contributed by atoms with Crippen LogP contribution in [0.25, 0.3) is 0 Å². The summed E-state index contributed by atoms with van der Waals surface area (Å²) in [5, 5.41) is 9.08. The van der Waals surface area contributed by atoms with Gasteiger partial charge in [0.2, 0.25) is 11.8 Å². The Kier molecular flexibility index (Phi) is 4.65. The van der Waals surface area contributed by atoms with E-state index in [2.05, 4.69) is 0 Å². The number of nitrogens with zero attached hydrogens (tertiary/aromatic N) is 1. The molecule has 1 aliphatic rings. The normalized spacial score (nSPS) is 17.5. The van der Waals surface area contributed by atoms with E-state index in [1.54, 1.807) is 18.2 Å². The molecular formula is C15H17NO6. The van der Waals surface area contributed by atoms with Crippen LogP contribution in [0.2, 0.25) is 0 Å². The minimum atomic E-state index is -1.16. The van der Waals surface area contributed by atoms with E-state index in [1.165, 1.54) is 14.2 Å². The summed E-state index contributed by atoms with van der Waals surface area (Å²) in [5.74, 6) is -1.14. The molecule has 1 N–H and O–H groups in total. The maximum atomic E-state index is 12.3. The van der Waals surface area contributed by atoms with Gasteiger partial charge in [0.15, 0.2) is 11.5 Å². The van der Waals surface area contributed by atoms with Gasteiger partial charge in [0, 0.05) is 6.42 Å². The Morgan fingerprint density at radius 1 is 1.27 bits per heavy atom. The van der Waals surface area contributed by atoms with Crippen molar-refractivity contribution in [2.45, 2.75) is 25.3 Å². The number of carbonyl (C=O) groups is 3. The molecule has 7 nitrogen and oxygen atoms in total. The van der Waals surface area contributed by atoms with Gasteiger partial charge in [-0.15, -0.1) is 0 Å². The van der Waals surface area contributed by atoms with Gasteiger partial charge in [0.25, 0.3) is 0 Å². The molecule has 1 fully saturated rings. The second-order valence-electron chi connectivity index (χ2n) is 4.92. The number of hydrogen-bond donors (Lipinski definition) is 1. The first-order valence-electron chi connectivity index (χ1n) is 6.76. The number of carboxylic acid groups (broad SMARTS) is 1. The number of likely N-dealkylation sites (tertiary alicyclic amines) is 1. The van der Waals surface area contributed by atoms with Crippen LogP contribution >= 0.6 is 0 Å². The van der Waals surface area contributed by atoms with Crippen LogP contribution in [0.5, 0.6) is 11.5 Å². The monoisotopic (exact) mass is 307 g/mol. The van der Waals surface area contributed by atoms with Crippen molar-refractivity contribution >= 4 is 17.8 Å². The zero-order chi connectivity index (χ0) is 16.3. The molecular weight excluding hydrogens is 290 g/mol. The zero-order valence-corrected chi connectivity index (χ0v) is 12.4. The summed E-state index contributed by atoms with van der Waals surface area (Å²) in [6.45, 7) is 0. The van der Waals surface area contributed by atoms with E-state index >= 15 is 0 Å². The maximum absolute atomic E-state index is 12.3. The lowest BCUT2D eigenvalue weighted by Gasteiger charge is -2.19. The number of carbonyl (C=O) groups excluding carboxylic acids is 2. The van der Waals surface area contributed by atoms with Crippen LogP contribution in [0.3, 0.4) is 0 Å². The molecule has 0 bridgehead atoms. The number of benzene rings is 1. The molecule has 0 saturated carbocycles. The number of imide groups is 1. The summed E-state index contributed by atoms with van der Waals surface area (Å²) < 4.78 is 10.3. The van der Waals surface area contributed by atoms with Crippen LogP contribution in [-0.2, 0) is 20.8 Å². The Labute approximate surface area is 127 Å². The van der Waals surface area contributed by atoms with Gasteiger partial charge in [0.05, 0.1) is 20.6 Å². The average molecular weight is 307 g/mol. The molecule has 22 heavy (non-hydrogen) atoms. The predicted octanol–water partition coefficient (Wildman–Crippen LogP) is 0.848. The third kappa shape index (κ3) is 3.03. The molecule has 118 valence electrons. The van der Waals surface area contributed by atoms with Gasteiger partial charge in [-0.05, 0) is 24.1 Å². The fourth-order valence-corrected chi connectivity index (χ4v) is 2.48. The topological polar surface area (TPSA) is 93.1 Å². The Morgan fingerprint density at radius 3 is 2.55 bits per heavy atom. The van der Waals surface area contributed by atoms with Crippen molar-refractivity contribution < 1.29 is 29.0 Å². The highest BCUT2D eigenvalue weighted by atomic mass is 16.5. The van der Waals surface area contributed by atoms with Gasteiger partial charge >= 0.3 is 5.97 Å². The van der Waals surface area contributed by atoms with Crippen molar-refractivity contribution in [2.75, 3.05) is 14.2 Å². The highest BCUT2D eigenvalue weighted by Gasteiger charge is 2.39. The van der Waals surface area contributed by atoms with E-state index < -0.39 is 23.8 Å². The van der Waals surface area contributed by atoms with Crippen molar-refractivity contribution in [3.63, 3.8) is 0 Å². The number of rotatable bonds is 5. The standard InChI is InChI=1S/C15H17NO6/c1-21-11-5-3-9(7-12(11)22-2)8-14(18)16-10(15(19)20)4-6-13(16)17/h3,5,7,10H,4,6,8H2,1-2H3,(H,19,20). The van der Waals surface area contributed by atoms with E-state index in [4.69, 9.17) is 14.6 Å². The second-order valence-corrected chi connectivity index (χ2v) is 4.92. The predicted molar refractivity (Wildman–Crippen MR) is 75.8 cm³/mol. The quantitative estimate of drug-likeness (QED) is 0.867. The van der Waals surface area contributed by atoms with Crippen molar-refractivity contribution in [1.29, 1.82) is 0 Å². The third-order valence-corrected chi connectivity index (χ3v) is 3.57. The minimum absolute atomic E-state index is 0.0735. The summed E-state index contributed by atoms with van der Waals surface area (Å²) in [6, 6.07) is 3.89. The van der Waals surface area contributed by atoms with E-state index in [-0.39, 0.29) is 19.3 Å². The van der Waals surface area contributed by atoms with Crippen molar-refractivity contribution in [3.05, 3.63) is 23.8 Å². The molecule has 0 spiro atoms. The molecule has 1 aliphatic heterocycles. The molecule has 1 aromatic carbocycles. The second kappa shape index (κ2) is 6.46. The molecule has 7 heteroatoms. The van der Waals surface area contributed by atoms with E-state index in [1.807, 2.05) is 0 Å². The van der Waals surface area contributed by atoms with Gasteiger partial charge in [-0.2, -0.15) is 0 Å². The number of hydrogen-bond acceptors (Lipinski definition) is 5. The summed E-state index contributed by atoms with van der Waals surface area (Å²) in [6.07, 6.45) is 0.163. The van der Waals surface area contributed by atoms with E-state index in [0.29, 0.717) is 17.1 Å². The Bertz CT molecular complexity index is 612. The lowest BCUT2D eigenvalue weighted by Crippen LogP contribution is -2.43. The van der Waals surface area contributed by atoms with E-state index in [0.717, 1.165) is 4.90 Å². The first-order valence-corrected chi connectivity index (χ1v) is 6.76. The average Bonchev–Trinajstić information content (AvgIpc) is 2.89. The van der Waals surface area contributed by atoms with Gasteiger partial charge in [-0.1, -0.05) is 6.07 Å². The molecule has 2 amide bonds. The number of ether oxygens (including phenoxy) is 2. The summed E-state index contributed by atoms with van der Waals surface area (Å²) in [7, 11) is 2.98.